The normalized spacial score (nSPS) is 15.3. The van der Waals surface area contributed by atoms with Crippen molar-refractivity contribution >= 4 is 17.9 Å². The van der Waals surface area contributed by atoms with Crippen LogP contribution in [0.25, 0.3) is 0 Å². The molecule has 0 radical (unpaired) electrons. The summed E-state index contributed by atoms with van der Waals surface area (Å²) in [6.45, 7) is 4.08. The number of rotatable bonds is 4. The second-order valence-electron chi connectivity index (χ2n) is 4.83. The number of carboxylic acids is 1. The van der Waals surface area contributed by atoms with Crippen LogP contribution in [0, 0.1) is 0 Å². The minimum absolute atomic E-state index is 0.110. The van der Waals surface area contributed by atoms with Crippen molar-refractivity contribution in [1.29, 1.82) is 0 Å². The zero-order chi connectivity index (χ0) is 13.8. The van der Waals surface area contributed by atoms with E-state index in [0.29, 0.717) is 0 Å². The fraction of sp³-hybridized carbons (Fsp3) is 0.727. The average molecular weight is 257 g/mol. The van der Waals surface area contributed by atoms with Gasteiger partial charge in [-0.15, -0.1) is 0 Å². The lowest BCUT2D eigenvalue weighted by Crippen LogP contribution is -2.54. The lowest BCUT2D eigenvalue weighted by Gasteiger charge is -2.21. The molecule has 1 aliphatic rings. The van der Waals surface area contributed by atoms with E-state index < -0.39 is 17.5 Å². The average Bonchev–Trinajstić information content (AvgIpc) is 2.78. The summed E-state index contributed by atoms with van der Waals surface area (Å²) in [6.07, 6.45) is 1.98. The Labute approximate surface area is 106 Å². The highest BCUT2D eigenvalue weighted by Crippen LogP contribution is 2.06. The van der Waals surface area contributed by atoms with Crippen molar-refractivity contribution in [3.8, 4) is 0 Å². The van der Waals surface area contributed by atoms with Crippen molar-refractivity contribution in [3.05, 3.63) is 0 Å². The second-order valence-corrected chi connectivity index (χ2v) is 4.83. The minimum atomic E-state index is -1.36. The highest BCUT2D eigenvalue weighted by molar-refractivity contribution is 5.88. The Kier molecular flexibility index (Phi) is 4.52. The summed E-state index contributed by atoms with van der Waals surface area (Å²) in [4.78, 5) is 35.5. The van der Waals surface area contributed by atoms with E-state index in [4.69, 9.17) is 5.11 Å². The Morgan fingerprint density at radius 2 is 1.78 bits per heavy atom. The molecule has 1 fully saturated rings. The first kappa shape index (κ1) is 14.3. The highest BCUT2D eigenvalue weighted by Gasteiger charge is 2.29. The molecule has 0 spiro atoms. The number of aliphatic carboxylic acids is 1. The minimum Gasteiger partial charge on any atom is -0.480 e. The molecule has 7 heteroatoms. The first-order chi connectivity index (χ1) is 8.33. The van der Waals surface area contributed by atoms with Crippen molar-refractivity contribution in [1.82, 2.24) is 15.5 Å². The number of likely N-dealkylation sites (tertiary alicyclic amines) is 1. The van der Waals surface area contributed by atoms with Gasteiger partial charge in [0.05, 0.1) is 6.54 Å². The molecule has 7 nitrogen and oxygen atoms in total. The second kappa shape index (κ2) is 5.70. The summed E-state index contributed by atoms with van der Waals surface area (Å²) in [5.41, 5.74) is -1.36. The van der Waals surface area contributed by atoms with Crippen LogP contribution in [0.1, 0.15) is 26.7 Å². The molecule has 3 N–H and O–H groups in total. The van der Waals surface area contributed by atoms with Gasteiger partial charge in [-0.1, -0.05) is 0 Å². The SMILES string of the molecule is CC(C)(NC(=O)NCC(=O)N1CCCC1)C(=O)O. The highest BCUT2D eigenvalue weighted by atomic mass is 16.4. The van der Waals surface area contributed by atoms with E-state index in [9.17, 15) is 14.4 Å². The first-order valence-electron chi connectivity index (χ1n) is 5.90. The van der Waals surface area contributed by atoms with Crippen molar-refractivity contribution in [3.63, 3.8) is 0 Å². The Balaban J connectivity index is 2.32. The molecular weight excluding hydrogens is 238 g/mol. The van der Waals surface area contributed by atoms with Gasteiger partial charge < -0.3 is 20.6 Å². The maximum absolute atomic E-state index is 11.6. The number of hydrogen-bond acceptors (Lipinski definition) is 3. The fourth-order valence-electron chi connectivity index (χ4n) is 1.62. The van der Waals surface area contributed by atoms with Gasteiger partial charge in [-0.2, -0.15) is 0 Å². The number of carbonyl (C=O) groups excluding carboxylic acids is 2. The van der Waals surface area contributed by atoms with Crippen LogP contribution >= 0.6 is 0 Å². The monoisotopic (exact) mass is 257 g/mol. The Morgan fingerprint density at radius 3 is 2.28 bits per heavy atom. The van der Waals surface area contributed by atoms with Gasteiger partial charge in [0.15, 0.2) is 0 Å². The van der Waals surface area contributed by atoms with E-state index >= 15 is 0 Å². The molecule has 18 heavy (non-hydrogen) atoms. The van der Waals surface area contributed by atoms with E-state index in [-0.39, 0.29) is 12.5 Å². The van der Waals surface area contributed by atoms with Crippen LogP contribution in [0.4, 0.5) is 4.79 Å². The zero-order valence-electron chi connectivity index (χ0n) is 10.7. The molecule has 1 aliphatic heterocycles. The van der Waals surface area contributed by atoms with E-state index in [1.165, 1.54) is 13.8 Å². The van der Waals surface area contributed by atoms with Crippen molar-refractivity contribution in [2.45, 2.75) is 32.2 Å². The number of carbonyl (C=O) groups is 3. The van der Waals surface area contributed by atoms with Crippen molar-refractivity contribution < 1.29 is 19.5 Å². The summed E-state index contributed by atoms with van der Waals surface area (Å²) >= 11 is 0. The van der Waals surface area contributed by atoms with Gasteiger partial charge in [0.25, 0.3) is 0 Å². The Bertz CT molecular complexity index is 348. The number of nitrogens with zero attached hydrogens (tertiary/aromatic N) is 1. The van der Waals surface area contributed by atoms with Crippen LogP contribution in [0.3, 0.4) is 0 Å². The number of urea groups is 1. The molecule has 1 saturated heterocycles. The molecule has 0 aromatic rings. The van der Waals surface area contributed by atoms with E-state index in [1.807, 2.05) is 0 Å². The molecule has 1 heterocycles. The standard InChI is InChI=1S/C11H19N3O4/c1-11(2,9(16)17)13-10(18)12-7-8(15)14-5-3-4-6-14/h3-7H2,1-2H3,(H,16,17)(H2,12,13,18). The predicted octanol–water partition coefficient (Wildman–Crippen LogP) is -0.229. The van der Waals surface area contributed by atoms with Crippen LogP contribution < -0.4 is 10.6 Å². The Hall–Kier alpha value is -1.79. The molecule has 0 atom stereocenters. The number of amides is 3. The maximum atomic E-state index is 11.6. The van der Waals surface area contributed by atoms with Gasteiger partial charge in [0.1, 0.15) is 5.54 Å². The molecule has 0 saturated carbocycles. The third-order valence-corrected chi connectivity index (χ3v) is 2.82. The quantitative estimate of drug-likeness (QED) is 0.648. The molecule has 0 aromatic carbocycles. The van der Waals surface area contributed by atoms with Crippen LogP contribution in [0.2, 0.25) is 0 Å². The maximum Gasteiger partial charge on any atom is 0.328 e. The van der Waals surface area contributed by atoms with Gasteiger partial charge in [-0.3, -0.25) is 4.79 Å². The van der Waals surface area contributed by atoms with E-state index in [2.05, 4.69) is 10.6 Å². The van der Waals surface area contributed by atoms with Crippen LogP contribution in [0.5, 0.6) is 0 Å². The number of nitrogens with one attached hydrogen (secondary N) is 2. The third-order valence-electron chi connectivity index (χ3n) is 2.82. The lowest BCUT2D eigenvalue weighted by molar-refractivity contribution is -0.142. The summed E-state index contributed by atoms with van der Waals surface area (Å²) in [6, 6.07) is -0.657. The van der Waals surface area contributed by atoms with Gasteiger partial charge in [0.2, 0.25) is 5.91 Å². The molecule has 0 unspecified atom stereocenters. The summed E-state index contributed by atoms with van der Waals surface area (Å²) in [5, 5.41) is 13.5. The summed E-state index contributed by atoms with van der Waals surface area (Å²) < 4.78 is 0. The van der Waals surface area contributed by atoms with E-state index in [0.717, 1.165) is 25.9 Å². The number of hydrogen-bond donors (Lipinski definition) is 3. The summed E-state index contributed by atoms with van der Waals surface area (Å²) in [7, 11) is 0. The van der Waals surface area contributed by atoms with Gasteiger partial charge in [-0.05, 0) is 26.7 Å². The molecule has 0 bridgehead atoms. The smallest absolute Gasteiger partial charge is 0.328 e. The molecule has 3 amide bonds. The third kappa shape index (κ3) is 3.90. The predicted molar refractivity (Wildman–Crippen MR) is 64.1 cm³/mol. The van der Waals surface area contributed by atoms with Gasteiger partial charge >= 0.3 is 12.0 Å². The van der Waals surface area contributed by atoms with Crippen LogP contribution in [0.15, 0.2) is 0 Å². The van der Waals surface area contributed by atoms with Crippen molar-refractivity contribution in [2.75, 3.05) is 19.6 Å². The molecule has 102 valence electrons. The van der Waals surface area contributed by atoms with Gasteiger partial charge in [0, 0.05) is 13.1 Å². The largest absolute Gasteiger partial charge is 0.480 e. The Morgan fingerprint density at radius 1 is 1.22 bits per heavy atom. The lowest BCUT2D eigenvalue weighted by atomic mass is 10.1. The van der Waals surface area contributed by atoms with Crippen LogP contribution in [-0.2, 0) is 9.59 Å². The van der Waals surface area contributed by atoms with Gasteiger partial charge in [-0.25, -0.2) is 9.59 Å². The molecule has 0 aromatic heterocycles. The molecular formula is C11H19N3O4. The van der Waals surface area contributed by atoms with E-state index in [1.54, 1.807) is 4.90 Å². The van der Waals surface area contributed by atoms with Crippen LogP contribution in [-0.4, -0.2) is 53.1 Å². The zero-order valence-corrected chi connectivity index (χ0v) is 10.7. The topological polar surface area (TPSA) is 98.7 Å². The summed E-state index contributed by atoms with van der Waals surface area (Å²) in [5.74, 6) is -1.28. The van der Waals surface area contributed by atoms with Crippen molar-refractivity contribution in [2.24, 2.45) is 0 Å². The first-order valence-corrected chi connectivity index (χ1v) is 5.90. The molecule has 1 rings (SSSR count). The molecule has 0 aliphatic carbocycles. The fourth-order valence-corrected chi connectivity index (χ4v) is 1.62. The number of carboxylic acid groups (broad SMARTS) is 1.